The molecule has 0 aliphatic carbocycles. The first-order chi connectivity index (χ1) is 9.10. The second-order valence-corrected chi connectivity index (χ2v) is 6.18. The third-order valence-corrected chi connectivity index (χ3v) is 4.98. The summed E-state index contributed by atoms with van der Waals surface area (Å²) in [5.74, 6) is -0.349. The maximum atomic E-state index is 5.82. The van der Waals surface area contributed by atoms with E-state index in [0.29, 0.717) is 0 Å². The molecule has 0 amide bonds. The number of hydrogen-bond acceptors (Lipinski definition) is 4. The summed E-state index contributed by atoms with van der Waals surface area (Å²) < 4.78 is 14.7. The third-order valence-electron chi connectivity index (χ3n) is 3.95. The molecule has 2 saturated heterocycles. The van der Waals surface area contributed by atoms with Crippen molar-refractivity contribution in [3.8, 4) is 0 Å². The van der Waals surface area contributed by atoms with Gasteiger partial charge in [-0.2, -0.15) is 5.10 Å². The van der Waals surface area contributed by atoms with Crippen molar-refractivity contribution >= 4 is 15.9 Å². The molecular weight excluding hydrogens is 310 g/mol. The molecule has 0 atom stereocenters. The Kier molecular flexibility index (Phi) is 3.68. The van der Waals surface area contributed by atoms with Crippen molar-refractivity contribution in [2.24, 2.45) is 7.05 Å². The SMILES string of the molecule is Cc1nn(C)c(CN2CCCC3(C2)OCCO3)c1Br. The average Bonchev–Trinajstić information content (AvgIpc) is 2.91. The Morgan fingerprint density at radius 2 is 2.11 bits per heavy atom. The molecule has 0 unspecified atom stereocenters. The fraction of sp³-hybridized carbons (Fsp3) is 0.769. The minimum Gasteiger partial charge on any atom is -0.346 e. The Labute approximate surface area is 122 Å². The summed E-state index contributed by atoms with van der Waals surface area (Å²) in [6.45, 7) is 6.29. The van der Waals surface area contributed by atoms with Crippen LogP contribution in [0.1, 0.15) is 24.2 Å². The molecule has 19 heavy (non-hydrogen) atoms. The number of rotatable bonds is 2. The lowest BCUT2D eigenvalue weighted by atomic mass is 10.0. The number of aromatic nitrogens is 2. The Morgan fingerprint density at radius 3 is 2.74 bits per heavy atom. The van der Waals surface area contributed by atoms with Crippen LogP contribution in [-0.2, 0) is 23.1 Å². The van der Waals surface area contributed by atoms with E-state index >= 15 is 0 Å². The maximum Gasteiger partial charge on any atom is 0.181 e. The van der Waals surface area contributed by atoms with Crippen LogP contribution in [0.5, 0.6) is 0 Å². The molecular formula is C13H20BrN3O2. The smallest absolute Gasteiger partial charge is 0.181 e. The van der Waals surface area contributed by atoms with Crippen LogP contribution in [0.4, 0.5) is 0 Å². The van der Waals surface area contributed by atoms with Crippen LogP contribution in [0.2, 0.25) is 0 Å². The van der Waals surface area contributed by atoms with Gasteiger partial charge in [0.05, 0.1) is 35.6 Å². The van der Waals surface area contributed by atoms with Crippen molar-refractivity contribution in [1.29, 1.82) is 0 Å². The van der Waals surface area contributed by atoms with E-state index in [9.17, 15) is 0 Å². The Balaban J connectivity index is 1.72. The largest absolute Gasteiger partial charge is 0.346 e. The molecule has 106 valence electrons. The van der Waals surface area contributed by atoms with Crippen LogP contribution < -0.4 is 0 Å². The first kappa shape index (κ1) is 13.5. The zero-order valence-electron chi connectivity index (χ0n) is 11.5. The third kappa shape index (κ3) is 2.59. The van der Waals surface area contributed by atoms with E-state index in [4.69, 9.17) is 9.47 Å². The second kappa shape index (κ2) is 5.16. The van der Waals surface area contributed by atoms with E-state index < -0.39 is 0 Å². The van der Waals surface area contributed by atoms with Gasteiger partial charge < -0.3 is 9.47 Å². The van der Waals surface area contributed by atoms with Crippen molar-refractivity contribution in [2.45, 2.75) is 32.1 Å². The summed E-state index contributed by atoms with van der Waals surface area (Å²) >= 11 is 3.63. The van der Waals surface area contributed by atoms with Gasteiger partial charge in [0.25, 0.3) is 0 Å². The van der Waals surface area contributed by atoms with Crippen molar-refractivity contribution in [3.63, 3.8) is 0 Å². The highest BCUT2D eigenvalue weighted by Crippen LogP contribution is 2.31. The van der Waals surface area contributed by atoms with Gasteiger partial charge in [-0.3, -0.25) is 9.58 Å². The molecule has 1 spiro atoms. The lowest BCUT2D eigenvalue weighted by Gasteiger charge is -2.38. The average molecular weight is 330 g/mol. The number of piperidine rings is 1. The normalized spacial score (nSPS) is 23.3. The molecule has 2 fully saturated rings. The first-order valence-corrected chi connectivity index (χ1v) is 7.57. The number of nitrogens with zero attached hydrogens (tertiary/aromatic N) is 3. The van der Waals surface area contributed by atoms with Crippen molar-refractivity contribution in [2.75, 3.05) is 26.3 Å². The Bertz CT molecular complexity index is 469. The Hall–Kier alpha value is -0.430. The number of ether oxygens (including phenoxy) is 2. The minimum atomic E-state index is -0.349. The lowest BCUT2D eigenvalue weighted by molar-refractivity contribution is -0.190. The number of likely N-dealkylation sites (tertiary alicyclic amines) is 1. The summed E-state index contributed by atoms with van der Waals surface area (Å²) in [6.07, 6.45) is 2.13. The highest BCUT2D eigenvalue weighted by atomic mass is 79.9. The van der Waals surface area contributed by atoms with E-state index in [1.165, 1.54) is 5.69 Å². The fourth-order valence-electron chi connectivity index (χ4n) is 3.00. The van der Waals surface area contributed by atoms with E-state index in [-0.39, 0.29) is 5.79 Å². The summed E-state index contributed by atoms with van der Waals surface area (Å²) in [6, 6.07) is 0. The molecule has 0 bridgehead atoms. The molecule has 0 aromatic carbocycles. The van der Waals surface area contributed by atoms with Gasteiger partial charge in [0.2, 0.25) is 0 Å². The van der Waals surface area contributed by atoms with E-state index in [1.807, 2.05) is 18.7 Å². The van der Waals surface area contributed by atoms with Crippen LogP contribution in [0.15, 0.2) is 4.47 Å². The van der Waals surface area contributed by atoms with Crippen molar-refractivity contribution in [3.05, 3.63) is 15.9 Å². The standard InChI is InChI=1S/C13H20BrN3O2/c1-10-12(14)11(16(2)15-10)8-17-5-3-4-13(9-17)18-6-7-19-13/h3-9H2,1-2H3. The fourth-order valence-corrected chi connectivity index (χ4v) is 3.46. The van der Waals surface area contributed by atoms with Gasteiger partial charge in [0, 0.05) is 20.0 Å². The second-order valence-electron chi connectivity index (χ2n) is 5.39. The molecule has 1 aromatic rings. The van der Waals surface area contributed by atoms with E-state index in [0.717, 1.165) is 55.9 Å². The minimum absolute atomic E-state index is 0.349. The van der Waals surface area contributed by atoms with Crippen LogP contribution in [0, 0.1) is 6.92 Å². The van der Waals surface area contributed by atoms with Crippen LogP contribution >= 0.6 is 15.9 Å². The molecule has 3 rings (SSSR count). The van der Waals surface area contributed by atoms with E-state index in [1.54, 1.807) is 0 Å². The summed E-state index contributed by atoms with van der Waals surface area (Å²) in [5, 5.41) is 4.45. The van der Waals surface area contributed by atoms with Crippen LogP contribution in [-0.4, -0.2) is 46.8 Å². The molecule has 2 aliphatic heterocycles. The highest BCUT2D eigenvalue weighted by molar-refractivity contribution is 9.10. The molecule has 2 aliphatic rings. The van der Waals surface area contributed by atoms with Crippen LogP contribution in [0.25, 0.3) is 0 Å². The van der Waals surface area contributed by atoms with Gasteiger partial charge in [0.15, 0.2) is 5.79 Å². The summed E-state index contributed by atoms with van der Waals surface area (Å²) in [7, 11) is 2.00. The van der Waals surface area contributed by atoms with Gasteiger partial charge in [0.1, 0.15) is 0 Å². The molecule has 0 saturated carbocycles. The zero-order valence-corrected chi connectivity index (χ0v) is 13.1. The lowest BCUT2D eigenvalue weighted by Crippen LogP contribution is -2.48. The van der Waals surface area contributed by atoms with Crippen molar-refractivity contribution < 1.29 is 9.47 Å². The van der Waals surface area contributed by atoms with Gasteiger partial charge in [-0.05, 0) is 35.8 Å². The predicted octanol–water partition coefficient (Wildman–Crippen LogP) is 1.83. The first-order valence-electron chi connectivity index (χ1n) is 6.78. The molecule has 0 radical (unpaired) electrons. The van der Waals surface area contributed by atoms with E-state index in [2.05, 4.69) is 25.9 Å². The van der Waals surface area contributed by atoms with Gasteiger partial charge in [-0.1, -0.05) is 0 Å². The topological polar surface area (TPSA) is 39.5 Å². The molecule has 5 nitrogen and oxygen atoms in total. The number of halogens is 1. The Morgan fingerprint density at radius 1 is 1.37 bits per heavy atom. The molecule has 3 heterocycles. The predicted molar refractivity (Wildman–Crippen MR) is 74.8 cm³/mol. The zero-order chi connectivity index (χ0) is 13.5. The van der Waals surface area contributed by atoms with Gasteiger partial charge in [-0.15, -0.1) is 0 Å². The highest BCUT2D eigenvalue weighted by Gasteiger charge is 2.40. The molecule has 0 N–H and O–H groups in total. The van der Waals surface area contributed by atoms with Gasteiger partial charge in [-0.25, -0.2) is 0 Å². The maximum absolute atomic E-state index is 5.82. The van der Waals surface area contributed by atoms with Gasteiger partial charge >= 0.3 is 0 Å². The monoisotopic (exact) mass is 329 g/mol. The number of hydrogen-bond donors (Lipinski definition) is 0. The summed E-state index contributed by atoms with van der Waals surface area (Å²) in [5.41, 5.74) is 2.25. The molecule has 6 heteroatoms. The van der Waals surface area contributed by atoms with Crippen LogP contribution in [0.3, 0.4) is 0 Å². The quantitative estimate of drug-likeness (QED) is 0.829. The molecule has 1 aromatic heterocycles. The summed E-state index contributed by atoms with van der Waals surface area (Å²) in [4.78, 5) is 2.40. The van der Waals surface area contributed by atoms with Crippen molar-refractivity contribution in [1.82, 2.24) is 14.7 Å². The number of aryl methyl sites for hydroxylation is 2.